The molecule has 0 spiro atoms. The third-order valence-corrected chi connectivity index (χ3v) is 10.2. The van der Waals surface area contributed by atoms with E-state index in [0.29, 0.717) is 0 Å². The lowest BCUT2D eigenvalue weighted by atomic mass is 9.88. The van der Waals surface area contributed by atoms with E-state index < -0.39 is 7.14 Å². The van der Waals surface area contributed by atoms with Crippen molar-refractivity contribution in [3.8, 4) is 44.5 Å². The standard InChI is InChI=1S/C35H25OP/c1-37(36)33-14-8-7-13-31(33)32-22-20-28(23-34(32)37)30-21-19-26-11-5-6-12-29(26)35(30)27-17-15-25(16-18-27)24-9-3-2-4-10-24/h2-23H,1H3. The molecule has 0 aliphatic carbocycles. The van der Waals surface area contributed by atoms with Crippen LogP contribution >= 0.6 is 7.14 Å². The first kappa shape index (κ1) is 22.0. The molecule has 0 fully saturated rings. The Morgan fingerprint density at radius 1 is 0.459 bits per heavy atom. The second-order valence-corrected chi connectivity index (χ2v) is 12.6. The molecule has 37 heavy (non-hydrogen) atoms. The zero-order chi connectivity index (χ0) is 25.0. The van der Waals surface area contributed by atoms with Crippen LogP contribution in [0.3, 0.4) is 0 Å². The van der Waals surface area contributed by atoms with Crippen molar-refractivity contribution in [3.05, 3.63) is 133 Å². The Morgan fingerprint density at radius 2 is 1.05 bits per heavy atom. The van der Waals surface area contributed by atoms with Crippen molar-refractivity contribution in [2.45, 2.75) is 0 Å². The highest BCUT2D eigenvalue weighted by Crippen LogP contribution is 2.51. The first-order valence-electron chi connectivity index (χ1n) is 12.6. The summed E-state index contributed by atoms with van der Waals surface area (Å²) in [6.07, 6.45) is 0. The number of hydrogen-bond donors (Lipinski definition) is 0. The van der Waals surface area contributed by atoms with E-state index in [1.807, 2.05) is 30.9 Å². The molecule has 1 unspecified atom stereocenters. The molecular formula is C35H25OP. The molecule has 1 nitrogen and oxygen atoms in total. The minimum absolute atomic E-state index is 0.963. The summed E-state index contributed by atoms with van der Waals surface area (Å²) < 4.78 is 14.0. The fourth-order valence-electron chi connectivity index (χ4n) is 5.77. The van der Waals surface area contributed by atoms with Gasteiger partial charge >= 0.3 is 0 Å². The van der Waals surface area contributed by atoms with Gasteiger partial charge in [0.25, 0.3) is 0 Å². The van der Waals surface area contributed by atoms with Crippen LogP contribution in [0.2, 0.25) is 0 Å². The molecule has 0 bridgehead atoms. The average Bonchev–Trinajstić information content (AvgIpc) is 3.19. The lowest BCUT2D eigenvalue weighted by Gasteiger charge is -2.16. The molecule has 1 atom stereocenters. The molecule has 0 amide bonds. The zero-order valence-electron chi connectivity index (χ0n) is 20.6. The summed E-state index contributed by atoms with van der Waals surface area (Å²) >= 11 is 0. The molecule has 6 aromatic carbocycles. The molecule has 0 radical (unpaired) electrons. The highest BCUT2D eigenvalue weighted by Gasteiger charge is 2.34. The van der Waals surface area contributed by atoms with E-state index in [4.69, 9.17) is 0 Å². The average molecular weight is 493 g/mol. The van der Waals surface area contributed by atoms with Gasteiger partial charge in [0, 0.05) is 10.6 Å². The molecular weight excluding hydrogens is 467 g/mol. The molecule has 1 heterocycles. The first-order valence-corrected chi connectivity index (χ1v) is 14.8. The van der Waals surface area contributed by atoms with E-state index in [9.17, 15) is 4.57 Å². The molecule has 1 aliphatic rings. The largest absolute Gasteiger partial charge is 0.314 e. The van der Waals surface area contributed by atoms with Crippen LogP contribution in [0.5, 0.6) is 0 Å². The zero-order valence-corrected chi connectivity index (χ0v) is 21.5. The topological polar surface area (TPSA) is 17.1 Å². The normalized spacial score (nSPS) is 15.9. The van der Waals surface area contributed by atoms with Crippen LogP contribution in [-0.2, 0) is 4.57 Å². The predicted octanol–water partition coefficient (Wildman–Crippen LogP) is 8.76. The van der Waals surface area contributed by atoms with E-state index in [2.05, 4.69) is 109 Å². The molecule has 7 rings (SSSR count). The van der Waals surface area contributed by atoms with Crippen LogP contribution < -0.4 is 10.6 Å². The lowest BCUT2D eigenvalue weighted by molar-refractivity contribution is 0.591. The van der Waals surface area contributed by atoms with E-state index in [0.717, 1.165) is 32.9 Å². The fourth-order valence-corrected chi connectivity index (χ4v) is 8.09. The van der Waals surface area contributed by atoms with Crippen molar-refractivity contribution in [2.75, 3.05) is 6.66 Å². The summed E-state index contributed by atoms with van der Waals surface area (Å²) in [7, 11) is -2.65. The second-order valence-electron chi connectivity index (χ2n) is 9.83. The van der Waals surface area contributed by atoms with Gasteiger partial charge in [-0.05, 0) is 68.0 Å². The first-order chi connectivity index (χ1) is 18.1. The molecule has 1 aliphatic heterocycles. The Bertz CT molecular complexity index is 1850. The van der Waals surface area contributed by atoms with Crippen LogP contribution in [0, 0.1) is 0 Å². The van der Waals surface area contributed by atoms with Gasteiger partial charge in [0.2, 0.25) is 0 Å². The Balaban J connectivity index is 1.42. The summed E-state index contributed by atoms with van der Waals surface area (Å²) in [6.45, 7) is 1.91. The van der Waals surface area contributed by atoms with Crippen molar-refractivity contribution < 1.29 is 4.57 Å². The highest BCUT2D eigenvalue weighted by molar-refractivity contribution is 7.79. The number of rotatable bonds is 3. The Kier molecular flexibility index (Phi) is 5.03. The van der Waals surface area contributed by atoms with Gasteiger partial charge in [0.1, 0.15) is 7.14 Å². The van der Waals surface area contributed by atoms with Crippen molar-refractivity contribution in [3.63, 3.8) is 0 Å². The monoisotopic (exact) mass is 492 g/mol. The van der Waals surface area contributed by atoms with Gasteiger partial charge in [0.05, 0.1) is 0 Å². The van der Waals surface area contributed by atoms with E-state index in [1.165, 1.54) is 33.0 Å². The molecule has 0 N–H and O–H groups in total. The molecule has 176 valence electrons. The quantitative estimate of drug-likeness (QED) is 0.226. The molecule has 0 saturated heterocycles. The SMILES string of the molecule is CP1(=O)c2ccccc2-c2ccc(-c3ccc4ccccc4c3-c3ccc(-c4ccccc4)cc3)cc21. The van der Waals surface area contributed by atoms with E-state index in [-0.39, 0.29) is 0 Å². The van der Waals surface area contributed by atoms with Crippen molar-refractivity contribution in [1.29, 1.82) is 0 Å². The van der Waals surface area contributed by atoms with Crippen LogP contribution in [0.4, 0.5) is 0 Å². The molecule has 2 heteroatoms. The van der Waals surface area contributed by atoms with Gasteiger partial charge in [0.15, 0.2) is 0 Å². The van der Waals surface area contributed by atoms with Gasteiger partial charge in [-0.3, -0.25) is 0 Å². The van der Waals surface area contributed by atoms with Crippen LogP contribution in [0.1, 0.15) is 0 Å². The number of benzene rings is 6. The molecule has 0 saturated carbocycles. The van der Waals surface area contributed by atoms with Crippen LogP contribution in [0.15, 0.2) is 133 Å². The lowest BCUT2D eigenvalue weighted by Crippen LogP contribution is -2.08. The Labute approximate surface area is 217 Å². The van der Waals surface area contributed by atoms with Gasteiger partial charge in [-0.25, -0.2) is 0 Å². The van der Waals surface area contributed by atoms with Gasteiger partial charge in [-0.1, -0.05) is 127 Å². The summed E-state index contributed by atoms with van der Waals surface area (Å²) in [4.78, 5) is 0. The number of fused-ring (bicyclic) bond motifs is 4. The summed E-state index contributed by atoms with van der Waals surface area (Å²) in [6, 6.07) is 46.9. The van der Waals surface area contributed by atoms with Crippen LogP contribution in [-0.4, -0.2) is 6.66 Å². The predicted molar refractivity (Wildman–Crippen MR) is 158 cm³/mol. The third-order valence-electron chi connectivity index (χ3n) is 7.63. The van der Waals surface area contributed by atoms with E-state index >= 15 is 0 Å². The maximum atomic E-state index is 14.0. The molecule has 6 aromatic rings. The smallest absolute Gasteiger partial charge is 0.141 e. The third kappa shape index (κ3) is 3.50. The van der Waals surface area contributed by atoms with Crippen molar-refractivity contribution >= 4 is 28.5 Å². The second kappa shape index (κ2) is 8.44. The van der Waals surface area contributed by atoms with Crippen LogP contribution in [0.25, 0.3) is 55.3 Å². The summed E-state index contributed by atoms with van der Waals surface area (Å²) in [5, 5.41) is 4.36. The number of hydrogen-bond acceptors (Lipinski definition) is 1. The summed E-state index contributed by atoms with van der Waals surface area (Å²) in [5.41, 5.74) is 9.25. The van der Waals surface area contributed by atoms with Gasteiger partial charge in [-0.15, -0.1) is 0 Å². The maximum Gasteiger partial charge on any atom is 0.141 e. The fraction of sp³-hybridized carbons (Fsp3) is 0.0286. The molecule has 0 aromatic heterocycles. The Hall–Kier alpha value is -4.19. The van der Waals surface area contributed by atoms with E-state index in [1.54, 1.807) is 0 Å². The summed E-state index contributed by atoms with van der Waals surface area (Å²) in [5.74, 6) is 0. The maximum absolute atomic E-state index is 14.0. The van der Waals surface area contributed by atoms with Gasteiger partial charge in [-0.2, -0.15) is 0 Å². The Morgan fingerprint density at radius 3 is 1.89 bits per heavy atom. The minimum Gasteiger partial charge on any atom is -0.314 e. The van der Waals surface area contributed by atoms with Crippen molar-refractivity contribution in [1.82, 2.24) is 0 Å². The minimum atomic E-state index is -2.65. The van der Waals surface area contributed by atoms with Gasteiger partial charge < -0.3 is 4.57 Å². The highest BCUT2D eigenvalue weighted by atomic mass is 31.2. The van der Waals surface area contributed by atoms with Crippen molar-refractivity contribution in [2.24, 2.45) is 0 Å².